The van der Waals surface area contributed by atoms with E-state index in [0.717, 1.165) is 8.47 Å². The molecule has 0 bridgehead atoms. The fourth-order valence-electron chi connectivity index (χ4n) is 0.975. The van der Waals surface area contributed by atoms with E-state index < -0.39 is 12.0 Å². The van der Waals surface area contributed by atoms with E-state index in [1.165, 1.54) is 0 Å². The smallest absolute Gasteiger partial charge is 0.326 e. The van der Waals surface area contributed by atoms with Crippen molar-refractivity contribution >= 4 is 40.3 Å². The minimum atomic E-state index is -0.765. The van der Waals surface area contributed by atoms with E-state index in [2.05, 4.69) is 22.6 Å². The minimum Gasteiger partial charge on any atom is -0.369 e. The number of guanidine groups is 1. The third-order valence-corrected chi connectivity index (χ3v) is 2.27. The maximum absolute atomic E-state index is 11.0. The number of nitrogens with one attached hydrogen (secondary N) is 1. The van der Waals surface area contributed by atoms with Crippen LogP contribution in [-0.2, 0) is 0 Å². The second kappa shape index (κ2) is 4.27. The van der Waals surface area contributed by atoms with Crippen LogP contribution in [0.1, 0.15) is 0 Å². The van der Waals surface area contributed by atoms with Gasteiger partial charge in [-0.1, -0.05) is 0 Å². The Morgan fingerprint density at radius 3 is 2.14 bits per heavy atom. The molecule has 0 radical (unpaired) electrons. The number of hydrogen-bond donors (Lipinski definition) is 3. The lowest BCUT2D eigenvalue weighted by Gasteiger charge is -2.17. The van der Waals surface area contributed by atoms with Crippen molar-refractivity contribution in [1.29, 1.82) is 5.41 Å². The summed E-state index contributed by atoms with van der Waals surface area (Å²) in [7, 11) is 0. The molecule has 5 N–H and O–H groups in total. The van der Waals surface area contributed by atoms with Crippen LogP contribution in [0.3, 0.4) is 0 Å². The summed E-state index contributed by atoms with van der Waals surface area (Å²) in [5, 5.41) is 7.17. The number of amides is 2. The van der Waals surface area contributed by atoms with E-state index in [4.69, 9.17) is 16.9 Å². The van der Waals surface area contributed by atoms with E-state index in [-0.39, 0.29) is 0 Å². The molecule has 0 heterocycles. The fourth-order valence-corrected chi connectivity index (χ4v) is 1.33. The number of primary amides is 1. The van der Waals surface area contributed by atoms with Gasteiger partial charge in [0.15, 0.2) is 0 Å². The topological polar surface area (TPSA) is 96.2 Å². The second-order valence-electron chi connectivity index (χ2n) is 2.54. The van der Waals surface area contributed by atoms with Gasteiger partial charge in [-0.2, -0.15) is 0 Å². The number of carbonyl (C=O) groups excluding carboxylic acids is 1. The number of halogens is 1. The van der Waals surface area contributed by atoms with Crippen molar-refractivity contribution in [3.05, 3.63) is 27.8 Å². The molecule has 0 aliphatic heterocycles. The molecule has 0 atom stereocenters. The second-order valence-corrected chi connectivity index (χ2v) is 3.78. The Bertz CT molecular complexity index is 348. The van der Waals surface area contributed by atoms with Crippen LogP contribution in [0.5, 0.6) is 0 Å². The zero-order valence-corrected chi connectivity index (χ0v) is 9.36. The van der Waals surface area contributed by atoms with Crippen LogP contribution in [-0.4, -0.2) is 12.0 Å². The van der Waals surface area contributed by atoms with Crippen molar-refractivity contribution in [2.45, 2.75) is 0 Å². The van der Waals surface area contributed by atoms with Crippen LogP contribution in [0, 0.1) is 8.98 Å². The number of urea groups is 1. The Labute approximate surface area is 94.7 Å². The van der Waals surface area contributed by atoms with Crippen LogP contribution in [0.2, 0.25) is 0 Å². The Morgan fingerprint density at radius 1 is 1.29 bits per heavy atom. The van der Waals surface area contributed by atoms with Gasteiger partial charge in [-0.15, -0.1) is 0 Å². The molecule has 0 fully saturated rings. The summed E-state index contributed by atoms with van der Waals surface area (Å²) in [6.07, 6.45) is 0. The average Bonchev–Trinajstić information content (AvgIpc) is 2.07. The van der Waals surface area contributed by atoms with E-state index in [1.54, 1.807) is 24.3 Å². The van der Waals surface area contributed by atoms with Gasteiger partial charge in [0.25, 0.3) is 0 Å². The van der Waals surface area contributed by atoms with Crippen molar-refractivity contribution in [1.82, 2.24) is 0 Å². The van der Waals surface area contributed by atoms with Gasteiger partial charge in [-0.25, -0.2) is 9.69 Å². The van der Waals surface area contributed by atoms with Gasteiger partial charge in [0, 0.05) is 3.57 Å². The highest BCUT2D eigenvalue weighted by Crippen LogP contribution is 2.15. The van der Waals surface area contributed by atoms with Crippen LogP contribution in [0.4, 0.5) is 10.5 Å². The summed E-state index contributed by atoms with van der Waals surface area (Å²) in [6.45, 7) is 0. The Hall–Kier alpha value is -1.31. The molecule has 5 nitrogen and oxygen atoms in total. The zero-order chi connectivity index (χ0) is 10.7. The highest BCUT2D eigenvalue weighted by atomic mass is 127. The third-order valence-electron chi connectivity index (χ3n) is 1.55. The van der Waals surface area contributed by atoms with E-state index in [0.29, 0.717) is 5.69 Å². The lowest BCUT2D eigenvalue weighted by Crippen LogP contribution is -2.44. The Morgan fingerprint density at radius 2 is 1.79 bits per heavy atom. The van der Waals surface area contributed by atoms with Gasteiger partial charge < -0.3 is 11.5 Å². The van der Waals surface area contributed by atoms with E-state index in [9.17, 15) is 4.79 Å². The summed E-state index contributed by atoms with van der Waals surface area (Å²) in [5.41, 5.74) is 10.8. The molecule has 1 rings (SSSR count). The molecule has 1 aromatic rings. The Kier molecular flexibility index (Phi) is 3.28. The molecule has 0 spiro atoms. The molecule has 0 unspecified atom stereocenters. The summed E-state index contributed by atoms with van der Waals surface area (Å²) in [6, 6.07) is 6.18. The summed E-state index contributed by atoms with van der Waals surface area (Å²) in [4.78, 5) is 11.9. The quantitative estimate of drug-likeness (QED) is 0.411. The molecule has 2 amide bonds. The molecule has 0 aliphatic rings. The number of rotatable bonds is 1. The molecule has 0 aromatic heterocycles. The van der Waals surface area contributed by atoms with E-state index in [1.807, 2.05) is 0 Å². The van der Waals surface area contributed by atoms with Crippen molar-refractivity contribution in [3.63, 3.8) is 0 Å². The van der Waals surface area contributed by atoms with Gasteiger partial charge in [-0.05, 0) is 46.9 Å². The summed E-state index contributed by atoms with van der Waals surface area (Å²) >= 11 is 2.13. The lowest BCUT2D eigenvalue weighted by molar-refractivity contribution is 0.256. The number of nitrogens with two attached hydrogens (primary N) is 2. The van der Waals surface area contributed by atoms with Gasteiger partial charge in [-0.3, -0.25) is 5.41 Å². The third kappa shape index (κ3) is 2.34. The maximum Gasteiger partial charge on any atom is 0.326 e. The Balaban J connectivity index is 3.06. The first-order chi connectivity index (χ1) is 6.52. The molecular weight excluding hydrogens is 295 g/mol. The molecule has 1 aromatic carbocycles. The van der Waals surface area contributed by atoms with Crippen molar-refractivity contribution in [2.24, 2.45) is 11.5 Å². The predicted molar refractivity (Wildman–Crippen MR) is 63.1 cm³/mol. The zero-order valence-electron chi connectivity index (χ0n) is 7.20. The molecule has 6 heteroatoms. The SMILES string of the molecule is N=C(N)N(C(N)=O)c1ccc(I)cc1. The molecule has 0 saturated heterocycles. The van der Waals surface area contributed by atoms with Gasteiger partial charge in [0.1, 0.15) is 0 Å². The van der Waals surface area contributed by atoms with Crippen LogP contribution in [0.25, 0.3) is 0 Å². The monoisotopic (exact) mass is 304 g/mol. The number of benzene rings is 1. The van der Waals surface area contributed by atoms with E-state index >= 15 is 0 Å². The lowest BCUT2D eigenvalue weighted by atomic mass is 10.3. The first-order valence-electron chi connectivity index (χ1n) is 3.71. The van der Waals surface area contributed by atoms with Gasteiger partial charge in [0.2, 0.25) is 5.96 Å². The maximum atomic E-state index is 11.0. The minimum absolute atomic E-state index is 0.390. The molecule has 0 saturated carbocycles. The van der Waals surface area contributed by atoms with Crippen LogP contribution >= 0.6 is 22.6 Å². The highest BCUT2D eigenvalue weighted by Gasteiger charge is 2.14. The molecule has 0 aliphatic carbocycles. The summed E-state index contributed by atoms with van der Waals surface area (Å²) in [5.74, 6) is -0.390. The fraction of sp³-hybridized carbons (Fsp3) is 0. The number of hydrogen-bond acceptors (Lipinski definition) is 2. The molecule has 74 valence electrons. The molecular formula is C8H9IN4O. The summed E-state index contributed by atoms with van der Waals surface area (Å²) < 4.78 is 1.03. The van der Waals surface area contributed by atoms with Gasteiger partial charge in [0.05, 0.1) is 5.69 Å². The average molecular weight is 304 g/mol. The number of anilines is 1. The van der Waals surface area contributed by atoms with Crippen molar-refractivity contribution in [2.75, 3.05) is 4.90 Å². The highest BCUT2D eigenvalue weighted by molar-refractivity contribution is 14.1. The molecule has 14 heavy (non-hydrogen) atoms. The first kappa shape index (κ1) is 10.8. The predicted octanol–water partition coefficient (Wildman–Crippen LogP) is 1.07. The van der Waals surface area contributed by atoms with Crippen LogP contribution < -0.4 is 16.4 Å². The van der Waals surface area contributed by atoms with Crippen LogP contribution in [0.15, 0.2) is 24.3 Å². The number of carbonyl (C=O) groups is 1. The largest absolute Gasteiger partial charge is 0.369 e. The van der Waals surface area contributed by atoms with Gasteiger partial charge >= 0.3 is 6.03 Å². The standard InChI is InChI=1S/C8H9IN4O/c9-5-1-3-6(4-2-5)13(7(10)11)8(12)14/h1-4H,(H3,10,11)(H2,12,14). The normalized spacial score (nSPS) is 9.50. The number of nitrogens with zero attached hydrogens (tertiary/aromatic N) is 1. The first-order valence-corrected chi connectivity index (χ1v) is 4.79. The van der Waals surface area contributed by atoms with Crippen molar-refractivity contribution in [3.8, 4) is 0 Å². The van der Waals surface area contributed by atoms with Crippen molar-refractivity contribution < 1.29 is 4.79 Å².